The summed E-state index contributed by atoms with van der Waals surface area (Å²) in [6.07, 6.45) is 4.78. The van der Waals surface area contributed by atoms with E-state index < -0.39 is 5.60 Å². The molecule has 2 aromatic heterocycles. The third-order valence-corrected chi connectivity index (χ3v) is 7.72. The van der Waals surface area contributed by atoms with Crippen LogP contribution in [0.5, 0.6) is 0 Å². The Labute approximate surface area is 241 Å². The predicted molar refractivity (Wildman–Crippen MR) is 153 cm³/mol. The fourth-order valence-corrected chi connectivity index (χ4v) is 5.41. The van der Waals surface area contributed by atoms with Crippen molar-refractivity contribution in [2.45, 2.75) is 96.4 Å². The molecule has 13 heteroatoms. The Kier molecular flexibility index (Phi) is 8.71. The highest BCUT2D eigenvalue weighted by Crippen LogP contribution is 2.25. The molecule has 0 spiro atoms. The fraction of sp³-hybridized carbons (Fsp3) is 0.750. The van der Waals surface area contributed by atoms with E-state index in [9.17, 15) is 9.59 Å². The van der Waals surface area contributed by atoms with E-state index in [4.69, 9.17) is 24.2 Å². The minimum absolute atomic E-state index is 0.119. The highest BCUT2D eigenvalue weighted by Gasteiger charge is 2.34. The average Bonchev–Trinajstić information content (AvgIpc) is 3.56. The first-order chi connectivity index (χ1) is 19.6. The van der Waals surface area contributed by atoms with Crippen molar-refractivity contribution in [3.8, 4) is 0 Å². The molecule has 0 radical (unpaired) electrons. The molecular formula is C28H44N8O5. The van der Waals surface area contributed by atoms with Gasteiger partial charge in [-0.1, -0.05) is 13.8 Å². The lowest BCUT2D eigenvalue weighted by molar-refractivity contribution is 0.0235. The van der Waals surface area contributed by atoms with Crippen LogP contribution in [0.15, 0.2) is 6.20 Å². The van der Waals surface area contributed by atoms with Crippen LogP contribution in [-0.4, -0.2) is 105 Å². The number of nitrogens with zero attached hydrogens (tertiary/aromatic N) is 6. The van der Waals surface area contributed by atoms with Crippen molar-refractivity contribution in [3.63, 3.8) is 0 Å². The molecule has 3 aliphatic rings. The number of carbonyl (C=O) groups is 2. The van der Waals surface area contributed by atoms with Crippen molar-refractivity contribution >= 4 is 29.7 Å². The summed E-state index contributed by atoms with van der Waals surface area (Å²) < 4.78 is 18.5. The average molecular weight is 573 g/mol. The first-order valence-corrected chi connectivity index (χ1v) is 14.9. The quantitative estimate of drug-likeness (QED) is 0.525. The van der Waals surface area contributed by atoms with Gasteiger partial charge < -0.3 is 34.6 Å². The number of nitrogens with one attached hydrogen (secondary N) is 2. The zero-order valence-electron chi connectivity index (χ0n) is 24.9. The van der Waals surface area contributed by atoms with Gasteiger partial charge in [0.05, 0.1) is 12.7 Å². The second-order valence-corrected chi connectivity index (χ2v) is 12.5. The molecule has 5 rings (SSSR count). The van der Waals surface area contributed by atoms with Crippen LogP contribution in [0, 0.1) is 0 Å². The molecule has 0 aliphatic carbocycles. The van der Waals surface area contributed by atoms with E-state index in [0.717, 1.165) is 50.1 Å². The Balaban J connectivity index is 1.17. The summed E-state index contributed by atoms with van der Waals surface area (Å²) in [6, 6.07) is 0.392. The number of aromatic nitrogens is 4. The number of anilines is 2. The van der Waals surface area contributed by atoms with E-state index in [0.29, 0.717) is 44.5 Å². The van der Waals surface area contributed by atoms with Gasteiger partial charge in [-0.05, 0) is 52.4 Å². The van der Waals surface area contributed by atoms with Crippen LogP contribution in [-0.2, 0) is 14.2 Å². The highest BCUT2D eigenvalue weighted by molar-refractivity contribution is 5.70. The third kappa shape index (κ3) is 7.30. The molecule has 1 atom stereocenters. The first kappa shape index (κ1) is 29.2. The number of hydrogen-bond acceptors (Lipinski definition) is 10. The number of amides is 2. The lowest BCUT2D eigenvalue weighted by Gasteiger charge is -2.32. The van der Waals surface area contributed by atoms with Crippen LogP contribution in [0.4, 0.5) is 21.5 Å². The van der Waals surface area contributed by atoms with Crippen LogP contribution in [0.1, 0.15) is 78.2 Å². The van der Waals surface area contributed by atoms with E-state index in [1.807, 2.05) is 27.0 Å². The molecule has 41 heavy (non-hydrogen) atoms. The molecule has 2 aromatic rings. The Hall–Kier alpha value is -3.35. The van der Waals surface area contributed by atoms with E-state index in [1.165, 1.54) is 0 Å². The maximum Gasteiger partial charge on any atom is 0.410 e. The van der Waals surface area contributed by atoms with Crippen LogP contribution in [0.2, 0.25) is 0 Å². The molecule has 0 aromatic carbocycles. The number of piperidine rings is 1. The van der Waals surface area contributed by atoms with E-state index in [2.05, 4.69) is 29.6 Å². The molecule has 2 amide bonds. The van der Waals surface area contributed by atoms with Gasteiger partial charge in [-0.25, -0.2) is 9.59 Å². The van der Waals surface area contributed by atoms with Gasteiger partial charge in [-0.3, -0.25) is 0 Å². The summed E-state index contributed by atoms with van der Waals surface area (Å²) in [5.74, 6) is 1.51. The van der Waals surface area contributed by atoms with Gasteiger partial charge in [-0.2, -0.15) is 19.6 Å². The summed E-state index contributed by atoms with van der Waals surface area (Å²) in [7, 11) is 0. The predicted octanol–water partition coefficient (Wildman–Crippen LogP) is 3.86. The minimum Gasteiger partial charge on any atom is -0.444 e. The number of carbonyl (C=O) groups excluding carboxylic acids is 2. The van der Waals surface area contributed by atoms with Crippen molar-refractivity contribution < 1.29 is 23.8 Å². The molecule has 3 aliphatic heterocycles. The topological polar surface area (TPSA) is 135 Å². The first-order valence-electron chi connectivity index (χ1n) is 14.9. The monoisotopic (exact) mass is 572 g/mol. The van der Waals surface area contributed by atoms with Crippen molar-refractivity contribution in [2.24, 2.45) is 0 Å². The Morgan fingerprint density at radius 1 is 0.951 bits per heavy atom. The summed E-state index contributed by atoms with van der Waals surface area (Å²) in [5.41, 5.74) is 1.31. The normalized spacial score (nSPS) is 21.0. The fourth-order valence-electron chi connectivity index (χ4n) is 5.41. The van der Waals surface area contributed by atoms with Gasteiger partial charge in [0.25, 0.3) is 0 Å². The largest absolute Gasteiger partial charge is 0.444 e. The van der Waals surface area contributed by atoms with Crippen molar-refractivity contribution in [2.75, 3.05) is 50.0 Å². The number of fused-ring (bicyclic) bond motifs is 1. The van der Waals surface area contributed by atoms with Crippen LogP contribution in [0.3, 0.4) is 0 Å². The summed E-state index contributed by atoms with van der Waals surface area (Å²) >= 11 is 0. The van der Waals surface area contributed by atoms with Crippen molar-refractivity contribution in [3.05, 3.63) is 11.8 Å². The smallest absolute Gasteiger partial charge is 0.410 e. The third-order valence-electron chi connectivity index (χ3n) is 7.72. The summed E-state index contributed by atoms with van der Waals surface area (Å²) in [5, 5.41) is 11.7. The Morgan fingerprint density at radius 3 is 2.32 bits per heavy atom. The summed E-state index contributed by atoms with van der Waals surface area (Å²) in [6.45, 7) is 13.3. The van der Waals surface area contributed by atoms with E-state index in [1.54, 1.807) is 14.3 Å². The molecule has 3 fully saturated rings. The number of hydrogen-bond donors (Lipinski definition) is 2. The zero-order chi connectivity index (χ0) is 29.1. The van der Waals surface area contributed by atoms with Gasteiger partial charge in [0.1, 0.15) is 11.7 Å². The van der Waals surface area contributed by atoms with Gasteiger partial charge in [0, 0.05) is 56.9 Å². The number of likely N-dealkylation sites (tertiary alicyclic amines) is 2. The lowest BCUT2D eigenvalue weighted by Crippen LogP contribution is -2.44. The zero-order valence-corrected chi connectivity index (χ0v) is 24.9. The van der Waals surface area contributed by atoms with Gasteiger partial charge in [-0.15, -0.1) is 0 Å². The molecular weight excluding hydrogens is 528 g/mol. The van der Waals surface area contributed by atoms with Crippen molar-refractivity contribution in [1.82, 2.24) is 29.4 Å². The molecule has 2 N–H and O–H groups in total. The van der Waals surface area contributed by atoms with Gasteiger partial charge in [0.2, 0.25) is 11.9 Å². The second-order valence-electron chi connectivity index (χ2n) is 12.5. The van der Waals surface area contributed by atoms with Crippen LogP contribution >= 0.6 is 0 Å². The Bertz CT molecular complexity index is 1210. The molecule has 0 saturated carbocycles. The van der Waals surface area contributed by atoms with E-state index in [-0.39, 0.29) is 36.3 Å². The lowest BCUT2D eigenvalue weighted by atomic mass is 10.1. The van der Waals surface area contributed by atoms with Gasteiger partial charge >= 0.3 is 12.2 Å². The molecule has 226 valence electrons. The van der Waals surface area contributed by atoms with Crippen molar-refractivity contribution in [1.29, 1.82) is 0 Å². The van der Waals surface area contributed by atoms with Crippen LogP contribution < -0.4 is 10.6 Å². The Morgan fingerprint density at radius 2 is 1.63 bits per heavy atom. The standard InChI is InChI=1S/C28H44N8O5/c1-18(2)22-16-29-36-23(22)32-24(30-20-9-14-39-15-10-20)33-25(36)31-19-6-11-34(12-7-19)26(37)40-21-8-13-35(17-21)27(38)41-28(3,4)5/h16,18-21H,6-15,17H2,1-5H3,(H2,30,31,32,33). The SMILES string of the molecule is CC(C)c1cnn2c(NC3CCN(C(=O)OC4CCN(C(=O)OC(C)(C)C)C4)CC3)nc(NC3CCOCC3)nc12. The molecule has 3 saturated heterocycles. The molecule has 1 unspecified atom stereocenters. The molecule has 5 heterocycles. The number of ether oxygens (including phenoxy) is 3. The van der Waals surface area contributed by atoms with Crippen LogP contribution in [0.25, 0.3) is 5.65 Å². The summed E-state index contributed by atoms with van der Waals surface area (Å²) in [4.78, 5) is 38.2. The maximum atomic E-state index is 12.9. The maximum absolute atomic E-state index is 12.9. The second kappa shape index (κ2) is 12.3. The highest BCUT2D eigenvalue weighted by atomic mass is 16.6. The van der Waals surface area contributed by atoms with E-state index >= 15 is 0 Å². The molecule has 13 nitrogen and oxygen atoms in total. The number of rotatable bonds is 6. The minimum atomic E-state index is -0.557. The molecule has 0 bridgehead atoms. The van der Waals surface area contributed by atoms with Gasteiger partial charge in [0.15, 0.2) is 5.65 Å².